The van der Waals surface area contributed by atoms with Crippen LogP contribution in [0.3, 0.4) is 0 Å². The first-order chi connectivity index (χ1) is 6.24. The highest BCUT2D eigenvalue weighted by Crippen LogP contribution is 2.61. The molecule has 0 aliphatic heterocycles. The lowest BCUT2D eigenvalue weighted by molar-refractivity contribution is 0.191. The second-order valence-corrected chi connectivity index (χ2v) is 5.38. The number of rotatable bonds is 1. The molecular formula is C12H19N. The van der Waals surface area contributed by atoms with Crippen LogP contribution in [0, 0.1) is 23.7 Å². The van der Waals surface area contributed by atoms with Crippen LogP contribution in [0.15, 0.2) is 12.7 Å². The van der Waals surface area contributed by atoms with Gasteiger partial charge in [-0.25, -0.2) is 0 Å². The van der Waals surface area contributed by atoms with E-state index < -0.39 is 0 Å². The van der Waals surface area contributed by atoms with E-state index in [9.17, 15) is 0 Å². The molecule has 3 aliphatic carbocycles. The van der Waals surface area contributed by atoms with Crippen molar-refractivity contribution < 1.29 is 0 Å². The highest BCUT2D eigenvalue weighted by Gasteiger charge is 2.58. The second-order valence-electron chi connectivity index (χ2n) is 5.38. The maximum Gasteiger partial charge on any atom is 0.0370 e. The highest BCUT2D eigenvalue weighted by atomic mass is 14.8. The summed E-state index contributed by atoms with van der Waals surface area (Å²) >= 11 is 0. The summed E-state index contributed by atoms with van der Waals surface area (Å²) in [5.74, 6) is 3.73. The van der Waals surface area contributed by atoms with Gasteiger partial charge in [0.2, 0.25) is 0 Å². The molecule has 0 amide bonds. The van der Waals surface area contributed by atoms with Gasteiger partial charge in [0.25, 0.3) is 0 Å². The topological polar surface area (TPSA) is 26.0 Å². The minimum Gasteiger partial charge on any atom is -0.322 e. The normalized spacial score (nSPS) is 58.2. The fraction of sp³-hybridized carbons (Fsp3) is 0.833. The smallest absolute Gasteiger partial charge is 0.0370 e. The Labute approximate surface area is 80.4 Å². The maximum absolute atomic E-state index is 6.38. The lowest BCUT2D eigenvalue weighted by atomic mass is 9.71. The molecule has 0 radical (unpaired) electrons. The van der Waals surface area contributed by atoms with Gasteiger partial charge in [-0.2, -0.15) is 0 Å². The van der Waals surface area contributed by atoms with Gasteiger partial charge in [-0.15, -0.1) is 6.58 Å². The third-order valence-electron chi connectivity index (χ3n) is 4.99. The third kappa shape index (κ3) is 0.864. The van der Waals surface area contributed by atoms with Crippen molar-refractivity contribution in [2.24, 2.45) is 29.4 Å². The van der Waals surface area contributed by atoms with Gasteiger partial charge in [0, 0.05) is 5.54 Å². The van der Waals surface area contributed by atoms with E-state index in [0.29, 0.717) is 0 Å². The van der Waals surface area contributed by atoms with Gasteiger partial charge < -0.3 is 5.73 Å². The summed E-state index contributed by atoms with van der Waals surface area (Å²) in [4.78, 5) is 0. The van der Waals surface area contributed by atoms with Crippen LogP contribution in [0.1, 0.15) is 32.1 Å². The number of nitrogens with two attached hydrogens (primary N) is 1. The van der Waals surface area contributed by atoms with E-state index in [4.69, 9.17) is 5.73 Å². The van der Waals surface area contributed by atoms with Crippen molar-refractivity contribution in [1.82, 2.24) is 0 Å². The zero-order valence-corrected chi connectivity index (χ0v) is 8.21. The first-order valence-corrected chi connectivity index (χ1v) is 5.67. The van der Waals surface area contributed by atoms with Crippen LogP contribution in [0.4, 0.5) is 0 Å². The van der Waals surface area contributed by atoms with Gasteiger partial charge in [0.15, 0.2) is 0 Å². The Balaban J connectivity index is 1.93. The molecule has 0 heterocycles. The predicted molar refractivity (Wildman–Crippen MR) is 54.2 cm³/mol. The molecule has 0 saturated heterocycles. The summed E-state index contributed by atoms with van der Waals surface area (Å²) in [6, 6.07) is 0. The van der Waals surface area contributed by atoms with E-state index in [1.165, 1.54) is 32.1 Å². The van der Waals surface area contributed by atoms with E-state index in [1.54, 1.807) is 0 Å². The lowest BCUT2D eigenvalue weighted by Crippen LogP contribution is -2.47. The molecule has 2 bridgehead atoms. The Kier molecular flexibility index (Phi) is 1.48. The third-order valence-corrected chi connectivity index (χ3v) is 4.99. The molecule has 0 aromatic carbocycles. The Morgan fingerprint density at radius 2 is 2.08 bits per heavy atom. The van der Waals surface area contributed by atoms with Crippen LogP contribution in [0.2, 0.25) is 0 Å². The first-order valence-electron chi connectivity index (χ1n) is 5.67. The second kappa shape index (κ2) is 2.38. The molecular weight excluding hydrogens is 158 g/mol. The summed E-state index contributed by atoms with van der Waals surface area (Å²) in [6.07, 6.45) is 9.04. The summed E-state index contributed by atoms with van der Waals surface area (Å²) in [7, 11) is 0. The van der Waals surface area contributed by atoms with E-state index in [1.807, 2.05) is 6.08 Å². The number of hydrogen-bond donors (Lipinski definition) is 1. The van der Waals surface area contributed by atoms with E-state index in [-0.39, 0.29) is 5.54 Å². The van der Waals surface area contributed by atoms with Gasteiger partial charge >= 0.3 is 0 Å². The first kappa shape index (κ1) is 8.05. The van der Waals surface area contributed by atoms with Crippen LogP contribution in [0.25, 0.3) is 0 Å². The molecule has 3 fully saturated rings. The molecule has 2 N–H and O–H groups in total. The number of hydrogen-bond acceptors (Lipinski definition) is 1. The molecule has 5 unspecified atom stereocenters. The van der Waals surface area contributed by atoms with Crippen molar-refractivity contribution in [3.05, 3.63) is 12.7 Å². The SMILES string of the molecule is C=CC1(N)CC2CC1C1CCCC21. The molecule has 3 saturated carbocycles. The largest absolute Gasteiger partial charge is 0.322 e. The molecule has 0 spiro atoms. The van der Waals surface area contributed by atoms with Crippen LogP contribution in [-0.4, -0.2) is 5.54 Å². The van der Waals surface area contributed by atoms with E-state index >= 15 is 0 Å². The molecule has 3 aliphatic rings. The lowest BCUT2D eigenvalue weighted by Gasteiger charge is -2.37. The van der Waals surface area contributed by atoms with Crippen LogP contribution in [-0.2, 0) is 0 Å². The van der Waals surface area contributed by atoms with Crippen LogP contribution >= 0.6 is 0 Å². The average Bonchev–Trinajstić information content (AvgIpc) is 2.72. The fourth-order valence-electron chi connectivity index (χ4n) is 4.47. The van der Waals surface area contributed by atoms with Crippen molar-refractivity contribution in [3.8, 4) is 0 Å². The molecule has 0 aromatic heterocycles. The maximum atomic E-state index is 6.38. The summed E-state index contributed by atoms with van der Waals surface area (Å²) in [5, 5.41) is 0. The van der Waals surface area contributed by atoms with E-state index in [2.05, 4.69) is 6.58 Å². The van der Waals surface area contributed by atoms with Crippen LogP contribution in [0.5, 0.6) is 0 Å². The van der Waals surface area contributed by atoms with Crippen molar-refractivity contribution in [2.45, 2.75) is 37.6 Å². The average molecular weight is 177 g/mol. The molecule has 1 heteroatoms. The molecule has 3 rings (SSSR count). The Bertz CT molecular complexity index is 248. The van der Waals surface area contributed by atoms with Crippen molar-refractivity contribution in [2.75, 3.05) is 0 Å². The van der Waals surface area contributed by atoms with Gasteiger partial charge in [-0.3, -0.25) is 0 Å². The Morgan fingerprint density at radius 3 is 2.85 bits per heavy atom. The quantitative estimate of drug-likeness (QED) is 0.611. The monoisotopic (exact) mass is 177 g/mol. The highest BCUT2D eigenvalue weighted by molar-refractivity contribution is 5.18. The van der Waals surface area contributed by atoms with Crippen LogP contribution < -0.4 is 5.73 Å². The van der Waals surface area contributed by atoms with Gasteiger partial charge in [0.05, 0.1) is 0 Å². The van der Waals surface area contributed by atoms with E-state index in [0.717, 1.165) is 23.7 Å². The fourth-order valence-corrected chi connectivity index (χ4v) is 4.47. The van der Waals surface area contributed by atoms with Gasteiger partial charge in [-0.05, 0) is 49.4 Å². The number of fused-ring (bicyclic) bond motifs is 5. The van der Waals surface area contributed by atoms with Crippen molar-refractivity contribution in [3.63, 3.8) is 0 Å². The van der Waals surface area contributed by atoms with Gasteiger partial charge in [0.1, 0.15) is 0 Å². The Hall–Kier alpha value is -0.300. The molecule has 5 atom stereocenters. The molecule has 0 aromatic rings. The zero-order chi connectivity index (χ0) is 9.05. The summed E-state index contributed by atoms with van der Waals surface area (Å²) in [5.41, 5.74) is 6.39. The minimum absolute atomic E-state index is 0.0101. The minimum atomic E-state index is 0.0101. The Morgan fingerprint density at radius 1 is 1.31 bits per heavy atom. The van der Waals surface area contributed by atoms with Crippen molar-refractivity contribution in [1.29, 1.82) is 0 Å². The molecule has 13 heavy (non-hydrogen) atoms. The standard InChI is InChI=1S/C12H19N/c1-2-12(13)7-8-6-11(12)10-5-3-4-9(8)10/h2,8-11H,1,3-7,13H2. The zero-order valence-electron chi connectivity index (χ0n) is 8.21. The van der Waals surface area contributed by atoms with Gasteiger partial charge in [-0.1, -0.05) is 12.5 Å². The molecule has 72 valence electrons. The molecule has 1 nitrogen and oxygen atoms in total. The summed E-state index contributed by atoms with van der Waals surface area (Å²) in [6.45, 7) is 3.92. The summed E-state index contributed by atoms with van der Waals surface area (Å²) < 4.78 is 0. The predicted octanol–water partition coefficient (Wildman–Crippen LogP) is 2.33. The van der Waals surface area contributed by atoms with Crippen molar-refractivity contribution >= 4 is 0 Å².